The molecule has 4 heteroatoms. The minimum Gasteiger partial charge on any atom is -0.548 e. The second kappa shape index (κ2) is 27.3. The summed E-state index contributed by atoms with van der Waals surface area (Å²) in [5.41, 5.74) is 0. The van der Waals surface area contributed by atoms with E-state index in [9.17, 15) is 9.90 Å². The van der Waals surface area contributed by atoms with E-state index in [-0.39, 0.29) is 51.4 Å². The van der Waals surface area contributed by atoms with E-state index in [1.807, 2.05) is 0 Å². The van der Waals surface area contributed by atoms with Gasteiger partial charge in [0.2, 0.25) is 0 Å². The molecule has 0 aromatic carbocycles. The Kier molecular flexibility index (Phi) is 30.2. The Labute approximate surface area is 238 Å². The van der Waals surface area contributed by atoms with Crippen LogP contribution in [0.15, 0.2) is 0 Å². The van der Waals surface area contributed by atoms with E-state index in [0.29, 0.717) is 0 Å². The first-order valence-corrected chi connectivity index (χ1v) is 13.6. The normalized spacial score (nSPS) is 12.1. The molecule has 0 bridgehead atoms. The zero-order valence-corrected chi connectivity index (χ0v) is 25.0. The second-order valence-corrected chi connectivity index (χ2v) is 9.32. The SMILES string of the molecule is CCCCCCCCCCCN(CCCCCCCCCCC)C(CCC)C(=O)[O-].[K+]. The predicted octanol–water partition coefficient (Wildman–Crippen LogP) is 4.27. The summed E-state index contributed by atoms with van der Waals surface area (Å²) in [6.45, 7) is 8.44. The smallest absolute Gasteiger partial charge is 0.548 e. The third kappa shape index (κ3) is 22.6. The van der Waals surface area contributed by atoms with Crippen molar-refractivity contribution in [2.75, 3.05) is 13.1 Å². The molecule has 0 heterocycles. The van der Waals surface area contributed by atoms with Crippen molar-refractivity contribution in [2.45, 2.75) is 155 Å². The van der Waals surface area contributed by atoms with Gasteiger partial charge in [-0.1, -0.05) is 130 Å². The molecule has 3 nitrogen and oxygen atoms in total. The van der Waals surface area contributed by atoms with E-state index < -0.39 is 12.0 Å². The van der Waals surface area contributed by atoms with Crippen LogP contribution in [0.25, 0.3) is 0 Å². The molecule has 0 aliphatic heterocycles. The third-order valence-electron chi connectivity index (χ3n) is 6.37. The Morgan fingerprint density at radius 1 is 0.581 bits per heavy atom. The van der Waals surface area contributed by atoms with Crippen molar-refractivity contribution in [1.29, 1.82) is 0 Å². The van der Waals surface area contributed by atoms with Crippen LogP contribution in [-0.2, 0) is 4.79 Å². The van der Waals surface area contributed by atoms with Gasteiger partial charge in [-0.05, 0) is 32.4 Å². The fourth-order valence-electron chi connectivity index (χ4n) is 4.40. The Morgan fingerprint density at radius 2 is 0.903 bits per heavy atom. The van der Waals surface area contributed by atoms with Crippen molar-refractivity contribution in [1.82, 2.24) is 4.90 Å². The van der Waals surface area contributed by atoms with Gasteiger partial charge in [-0.3, -0.25) is 4.90 Å². The average molecular weight is 464 g/mol. The summed E-state index contributed by atoms with van der Waals surface area (Å²) < 4.78 is 0. The van der Waals surface area contributed by atoms with Gasteiger partial charge in [0.15, 0.2) is 0 Å². The maximum Gasteiger partial charge on any atom is 1.00 e. The summed E-state index contributed by atoms with van der Waals surface area (Å²) in [5.74, 6) is -0.872. The van der Waals surface area contributed by atoms with Crippen LogP contribution in [0.5, 0.6) is 0 Å². The molecular weight excluding hydrogens is 409 g/mol. The van der Waals surface area contributed by atoms with Crippen LogP contribution in [0.4, 0.5) is 0 Å². The fraction of sp³-hybridized carbons (Fsp3) is 0.963. The molecule has 1 unspecified atom stereocenters. The molecular formula is C27H54KNO2. The first-order chi connectivity index (χ1) is 14.7. The van der Waals surface area contributed by atoms with E-state index in [0.717, 1.165) is 38.8 Å². The van der Waals surface area contributed by atoms with Crippen LogP contribution in [0.3, 0.4) is 0 Å². The zero-order chi connectivity index (χ0) is 22.3. The molecule has 0 aliphatic rings. The maximum absolute atomic E-state index is 11.7. The molecule has 0 N–H and O–H groups in total. The van der Waals surface area contributed by atoms with Gasteiger partial charge in [-0.25, -0.2) is 0 Å². The van der Waals surface area contributed by atoms with Crippen LogP contribution >= 0.6 is 0 Å². The molecule has 0 fully saturated rings. The van der Waals surface area contributed by atoms with Crippen LogP contribution in [0.2, 0.25) is 0 Å². The second-order valence-electron chi connectivity index (χ2n) is 9.32. The van der Waals surface area contributed by atoms with Gasteiger partial charge < -0.3 is 9.90 Å². The number of nitrogens with zero attached hydrogens (tertiary/aromatic N) is 1. The van der Waals surface area contributed by atoms with Crippen LogP contribution in [0, 0.1) is 0 Å². The number of carbonyl (C=O) groups excluding carboxylic acids is 1. The third-order valence-corrected chi connectivity index (χ3v) is 6.37. The predicted molar refractivity (Wildman–Crippen MR) is 130 cm³/mol. The number of aliphatic carboxylic acids is 1. The first kappa shape index (κ1) is 34.2. The maximum atomic E-state index is 11.7. The fourth-order valence-corrected chi connectivity index (χ4v) is 4.40. The Balaban J connectivity index is 0. The van der Waals surface area contributed by atoms with Gasteiger partial charge in [0, 0.05) is 6.04 Å². The molecule has 1 atom stereocenters. The Bertz CT molecular complexity index is 343. The van der Waals surface area contributed by atoms with Crippen molar-refractivity contribution in [3.8, 4) is 0 Å². The number of rotatable bonds is 24. The van der Waals surface area contributed by atoms with Crippen molar-refractivity contribution in [2.24, 2.45) is 0 Å². The Morgan fingerprint density at radius 3 is 1.19 bits per heavy atom. The van der Waals surface area contributed by atoms with E-state index in [2.05, 4.69) is 25.7 Å². The molecule has 0 aliphatic carbocycles. The van der Waals surface area contributed by atoms with E-state index in [4.69, 9.17) is 0 Å². The molecule has 180 valence electrons. The summed E-state index contributed by atoms with van der Waals surface area (Å²) in [4.78, 5) is 13.9. The summed E-state index contributed by atoms with van der Waals surface area (Å²) in [6, 6.07) is -0.391. The number of unbranched alkanes of at least 4 members (excludes halogenated alkanes) is 16. The van der Waals surface area contributed by atoms with Crippen molar-refractivity contribution < 1.29 is 61.3 Å². The largest absolute Gasteiger partial charge is 1.00 e. The summed E-state index contributed by atoms with van der Waals surface area (Å²) in [6.07, 6.45) is 25.2. The molecule has 0 amide bonds. The topological polar surface area (TPSA) is 43.4 Å². The quantitative estimate of drug-likeness (QED) is 0.159. The minimum absolute atomic E-state index is 0. The molecule has 0 spiro atoms. The number of hydrogen-bond acceptors (Lipinski definition) is 3. The van der Waals surface area contributed by atoms with Crippen molar-refractivity contribution in [3.63, 3.8) is 0 Å². The monoisotopic (exact) mass is 463 g/mol. The first-order valence-electron chi connectivity index (χ1n) is 13.6. The van der Waals surface area contributed by atoms with Crippen LogP contribution in [0.1, 0.15) is 149 Å². The van der Waals surface area contributed by atoms with Crippen molar-refractivity contribution >= 4 is 5.97 Å². The zero-order valence-electron chi connectivity index (χ0n) is 21.9. The van der Waals surface area contributed by atoms with Gasteiger partial charge in [0.25, 0.3) is 0 Å². The van der Waals surface area contributed by atoms with Gasteiger partial charge in [-0.2, -0.15) is 0 Å². The number of carboxylic acids is 1. The number of carbonyl (C=O) groups is 1. The van der Waals surface area contributed by atoms with E-state index in [1.165, 1.54) is 103 Å². The molecule has 0 saturated carbocycles. The van der Waals surface area contributed by atoms with Crippen LogP contribution < -0.4 is 56.5 Å². The van der Waals surface area contributed by atoms with E-state index >= 15 is 0 Å². The summed E-state index contributed by atoms with van der Waals surface area (Å²) in [5, 5.41) is 11.7. The Hall–Kier alpha value is 1.07. The summed E-state index contributed by atoms with van der Waals surface area (Å²) in [7, 11) is 0. The number of hydrogen-bond donors (Lipinski definition) is 0. The van der Waals surface area contributed by atoms with Gasteiger partial charge >= 0.3 is 51.4 Å². The van der Waals surface area contributed by atoms with Crippen LogP contribution in [-0.4, -0.2) is 30.0 Å². The number of carboxylic acid groups (broad SMARTS) is 1. The molecule has 0 saturated heterocycles. The van der Waals surface area contributed by atoms with Gasteiger partial charge in [-0.15, -0.1) is 0 Å². The average Bonchev–Trinajstić information content (AvgIpc) is 2.73. The van der Waals surface area contributed by atoms with Crippen molar-refractivity contribution in [3.05, 3.63) is 0 Å². The molecule has 31 heavy (non-hydrogen) atoms. The molecule has 0 rings (SSSR count). The standard InChI is InChI=1S/C27H55NO2.K/c1-4-7-9-11-13-15-17-19-21-24-28(26(23-6-3)27(29)30)25-22-20-18-16-14-12-10-8-5-2;/h26H,4-25H2,1-3H3,(H,29,30);/q;+1/p-1. The molecule has 0 radical (unpaired) electrons. The molecule has 0 aromatic heterocycles. The van der Waals surface area contributed by atoms with Gasteiger partial charge in [0.05, 0.1) is 5.97 Å². The summed E-state index contributed by atoms with van der Waals surface area (Å²) >= 11 is 0. The molecule has 0 aromatic rings. The van der Waals surface area contributed by atoms with Gasteiger partial charge in [0.1, 0.15) is 0 Å². The minimum atomic E-state index is -0.872. The van der Waals surface area contributed by atoms with E-state index in [1.54, 1.807) is 0 Å².